The number of hydrogen-bond acceptors (Lipinski definition) is 3. The molecule has 1 aromatic heterocycles. The van der Waals surface area contributed by atoms with E-state index in [-0.39, 0.29) is 0 Å². The lowest BCUT2D eigenvalue weighted by atomic mass is 9.95. The Morgan fingerprint density at radius 1 is 1.44 bits per heavy atom. The average Bonchev–Trinajstić information content (AvgIpc) is 2.40. The molecule has 1 aliphatic carbocycles. The van der Waals surface area contributed by atoms with Gasteiger partial charge in [-0.2, -0.15) is 0 Å². The Labute approximate surface area is 119 Å². The zero-order chi connectivity index (χ0) is 12.8. The van der Waals surface area contributed by atoms with Gasteiger partial charge in [0.2, 0.25) is 0 Å². The number of pyridine rings is 1. The minimum atomic E-state index is 0.499. The molecular formula is C14H21ClN2S. The van der Waals surface area contributed by atoms with E-state index in [4.69, 9.17) is 11.6 Å². The quantitative estimate of drug-likeness (QED) is 0.823. The lowest BCUT2D eigenvalue weighted by Crippen LogP contribution is -2.35. The predicted octanol–water partition coefficient (Wildman–Crippen LogP) is 4.14. The van der Waals surface area contributed by atoms with Crippen LogP contribution >= 0.6 is 23.4 Å². The summed E-state index contributed by atoms with van der Waals surface area (Å²) in [5.41, 5.74) is 0. The molecule has 1 aromatic rings. The fourth-order valence-electron chi connectivity index (χ4n) is 2.33. The smallest absolute Gasteiger partial charge is 0.115 e. The topological polar surface area (TPSA) is 24.9 Å². The average molecular weight is 285 g/mol. The van der Waals surface area contributed by atoms with Crippen LogP contribution in [0.2, 0.25) is 5.02 Å². The summed E-state index contributed by atoms with van der Waals surface area (Å²) in [5, 5.41) is 5.87. The summed E-state index contributed by atoms with van der Waals surface area (Å²) in [6, 6.07) is 4.50. The van der Waals surface area contributed by atoms with E-state index in [9.17, 15) is 0 Å². The van der Waals surface area contributed by atoms with Crippen molar-refractivity contribution in [2.75, 3.05) is 6.54 Å². The van der Waals surface area contributed by atoms with Crippen LogP contribution in [-0.4, -0.2) is 22.8 Å². The second-order valence-electron chi connectivity index (χ2n) is 4.96. The molecule has 0 radical (unpaired) electrons. The molecule has 100 valence electrons. The standard InChI is InChI=1S/C14H21ClN2S/c1-11(10-17-12-6-3-2-4-7-12)18-14-13(15)8-5-9-16-14/h5,8-9,11-12,17H,2-4,6-7,10H2,1H3. The summed E-state index contributed by atoms with van der Waals surface area (Å²) >= 11 is 7.87. The van der Waals surface area contributed by atoms with Gasteiger partial charge in [-0.05, 0) is 25.0 Å². The maximum absolute atomic E-state index is 6.11. The number of nitrogens with zero attached hydrogens (tertiary/aromatic N) is 1. The third-order valence-electron chi connectivity index (χ3n) is 3.34. The summed E-state index contributed by atoms with van der Waals surface area (Å²) in [5.74, 6) is 0. The second kappa shape index (κ2) is 7.37. The Bertz CT molecular complexity index is 367. The first-order valence-electron chi connectivity index (χ1n) is 6.76. The SMILES string of the molecule is CC(CNC1CCCCC1)Sc1ncccc1Cl. The second-order valence-corrected chi connectivity index (χ2v) is 6.80. The van der Waals surface area contributed by atoms with Crippen LogP contribution in [0.1, 0.15) is 39.0 Å². The van der Waals surface area contributed by atoms with Crippen molar-refractivity contribution in [1.82, 2.24) is 10.3 Å². The summed E-state index contributed by atoms with van der Waals surface area (Å²) in [4.78, 5) is 4.32. The molecule has 0 bridgehead atoms. The number of aromatic nitrogens is 1. The molecule has 18 heavy (non-hydrogen) atoms. The van der Waals surface area contributed by atoms with Gasteiger partial charge in [-0.25, -0.2) is 4.98 Å². The third kappa shape index (κ3) is 4.45. The van der Waals surface area contributed by atoms with E-state index in [0.717, 1.165) is 22.6 Å². The lowest BCUT2D eigenvalue weighted by molar-refractivity contribution is 0.375. The molecule has 0 aromatic carbocycles. The highest BCUT2D eigenvalue weighted by Crippen LogP contribution is 2.27. The normalized spacial score (nSPS) is 18.8. The van der Waals surface area contributed by atoms with Crippen molar-refractivity contribution in [3.8, 4) is 0 Å². The fourth-order valence-corrected chi connectivity index (χ4v) is 3.45. The van der Waals surface area contributed by atoms with Crippen LogP contribution < -0.4 is 5.32 Å². The Kier molecular flexibility index (Phi) is 5.80. The van der Waals surface area contributed by atoms with Crippen LogP contribution in [0.15, 0.2) is 23.4 Å². The summed E-state index contributed by atoms with van der Waals surface area (Å²) in [7, 11) is 0. The van der Waals surface area contributed by atoms with Gasteiger partial charge in [-0.3, -0.25) is 0 Å². The van der Waals surface area contributed by atoms with Crippen LogP contribution in [0, 0.1) is 0 Å². The van der Waals surface area contributed by atoms with Crippen molar-refractivity contribution in [2.45, 2.75) is 55.3 Å². The van der Waals surface area contributed by atoms with Gasteiger partial charge in [0.25, 0.3) is 0 Å². The van der Waals surface area contributed by atoms with Gasteiger partial charge in [0, 0.05) is 24.0 Å². The molecule has 0 spiro atoms. The monoisotopic (exact) mass is 284 g/mol. The van der Waals surface area contributed by atoms with Crippen LogP contribution in [0.25, 0.3) is 0 Å². The molecule has 0 aliphatic heterocycles. The van der Waals surface area contributed by atoms with Crippen molar-refractivity contribution in [3.05, 3.63) is 23.4 Å². The van der Waals surface area contributed by atoms with E-state index in [2.05, 4.69) is 17.2 Å². The van der Waals surface area contributed by atoms with Gasteiger partial charge in [-0.1, -0.05) is 37.8 Å². The molecule has 1 aliphatic rings. The first-order valence-corrected chi connectivity index (χ1v) is 8.02. The minimum absolute atomic E-state index is 0.499. The van der Waals surface area contributed by atoms with Crippen molar-refractivity contribution in [3.63, 3.8) is 0 Å². The van der Waals surface area contributed by atoms with Crippen LogP contribution in [-0.2, 0) is 0 Å². The highest BCUT2D eigenvalue weighted by Gasteiger charge is 2.14. The zero-order valence-electron chi connectivity index (χ0n) is 10.9. The first-order chi connectivity index (χ1) is 8.75. The Hall–Kier alpha value is -0.250. The van der Waals surface area contributed by atoms with Crippen LogP contribution in [0.4, 0.5) is 0 Å². The summed E-state index contributed by atoms with van der Waals surface area (Å²) in [6.45, 7) is 3.26. The van der Waals surface area contributed by atoms with Gasteiger partial charge >= 0.3 is 0 Å². The molecule has 1 N–H and O–H groups in total. The van der Waals surface area contributed by atoms with Crippen molar-refractivity contribution in [1.29, 1.82) is 0 Å². The Morgan fingerprint density at radius 2 is 2.22 bits per heavy atom. The molecule has 2 nitrogen and oxygen atoms in total. The molecule has 1 unspecified atom stereocenters. The van der Waals surface area contributed by atoms with E-state index < -0.39 is 0 Å². The van der Waals surface area contributed by atoms with E-state index in [1.165, 1.54) is 32.1 Å². The van der Waals surface area contributed by atoms with Gasteiger partial charge in [-0.15, -0.1) is 11.8 Å². The number of rotatable bonds is 5. The van der Waals surface area contributed by atoms with E-state index in [1.54, 1.807) is 18.0 Å². The number of halogens is 1. The van der Waals surface area contributed by atoms with Crippen molar-refractivity contribution < 1.29 is 0 Å². The first kappa shape index (κ1) is 14.2. The van der Waals surface area contributed by atoms with Gasteiger partial charge < -0.3 is 5.32 Å². The van der Waals surface area contributed by atoms with Crippen molar-refractivity contribution >= 4 is 23.4 Å². The number of thioether (sulfide) groups is 1. The Balaban J connectivity index is 1.74. The molecule has 4 heteroatoms. The molecule has 1 atom stereocenters. The van der Waals surface area contributed by atoms with E-state index in [0.29, 0.717) is 5.25 Å². The predicted molar refractivity (Wildman–Crippen MR) is 79.4 cm³/mol. The number of nitrogens with one attached hydrogen (secondary N) is 1. The highest BCUT2D eigenvalue weighted by molar-refractivity contribution is 8.00. The molecule has 0 amide bonds. The minimum Gasteiger partial charge on any atom is -0.313 e. The molecule has 1 saturated carbocycles. The van der Waals surface area contributed by atoms with Crippen LogP contribution in [0.3, 0.4) is 0 Å². The van der Waals surface area contributed by atoms with Gasteiger partial charge in [0.1, 0.15) is 5.03 Å². The summed E-state index contributed by atoms with van der Waals surface area (Å²) < 4.78 is 0. The van der Waals surface area contributed by atoms with Crippen molar-refractivity contribution in [2.24, 2.45) is 0 Å². The molecule has 2 rings (SSSR count). The maximum atomic E-state index is 6.11. The van der Waals surface area contributed by atoms with Crippen LogP contribution in [0.5, 0.6) is 0 Å². The molecular weight excluding hydrogens is 264 g/mol. The van der Waals surface area contributed by atoms with E-state index >= 15 is 0 Å². The summed E-state index contributed by atoms with van der Waals surface area (Å²) in [6.07, 6.45) is 8.64. The van der Waals surface area contributed by atoms with Gasteiger partial charge in [0.15, 0.2) is 0 Å². The zero-order valence-corrected chi connectivity index (χ0v) is 12.4. The molecule has 1 fully saturated rings. The van der Waals surface area contributed by atoms with E-state index in [1.807, 2.05) is 12.1 Å². The third-order valence-corrected chi connectivity index (χ3v) is 4.87. The lowest BCUT2D eigenvalue weighted by Gasteiger charge is -2.24. The maximum Gasteiger partial charge on any atom is 0.115 e. The largest absolute Gasteiger partial charge is 0.313 e. The molecule has 1 heterocycles. The Morgan fingerprint density at radius 3 is 2.94 bits per heavy atom. The fraction of sp³-hybridized carbons (Fsp3) is 0.643. The van der Waals surface area contributed by atoms with Gasteiger partial charge in [0.05, 0.1) is 5.02 Å². The highest BCUT2D eigenvalue weighted by atomic mass is 35.5. The molecule has 0 saturated heterocycles. The number of hydrogen-bond donors (Lipinski definition) is 1.